The Bertz CT molecular complexity index is 677. The smallest absolute Gasteiger partial charge is 0.152 e. The largest absolute Gasteiger partial charge is 0.372 e. The fourth-order valence-electron chi connectivity index (χ4n) is 2.79. The third-order valence-electron chi connectivity index (χ3n) is 4.17. The molecule has 0 radical (unpaired) electrons. The molecule has 2 aromatic rings. The van der Waals surface area contributed by atoms with Crippen molar-refractivity contribution in [3.8, 4) is 0 Å². The Kier molecular flexibility index (Phi) is 3.53. The zero-order valence-electron chi connectivity index (χ0n) is 12.2. The van der Waals surface area contributed by atoms with Crippen molar-refractivity contribution in [2.24, 2.45) is 0 Å². The third-order valence-corrected chi connectivity index (χ3v) is 4.17. The van der Waals surface area contributed by atoms with Gasteiger partial charge in [0.25, 0.3) is 0 Å². The van der Waals surface area contributed by atoms with Crippen molar-refractivity contribution in [3.05, 3.63) is 36.0 Å². The van der Waals surface area contributed by atoms with Crippen LogP contribution in [0.5, 0.6) is 0 Å². The topological polar surface area (TPSA) is 25.4 Å². The number of fused-ring (bicyclic) bond motifs is 1. The molecule has 21 heavy (non-hydrogen) atoms. The molecule has 1 atom stereocenters. The van der Waals surface area contributed by atoms with E-state index in [2.05, 4.69) is 23.7 Å². The molecule has 3 nitrogen and oxygen atoms in total. The van der Waals surface area contributed by atoms with Crippen LogP contribution in [0, 0.1) is 11.6 Å². The highest BCUT2D eigenvalue weighted by Gasteiger charge is 2.31. The van der Waals surface area contributed by atoms with Gasteiger partial charge in [-0.1, -0.05) is 6.92 Å². The number of benzene rings is 1. The molecule has 1 aromatic carbocycles. The highest BCUT2D eigenvalue weighted by atomic mass is 19.1. The summed E-state index contributed by atoms with van der Waals surface area (Å²) in [4.78, 5) is 6.16. The zero-order valence-corrected chi connectivity index (χ0v) is 12.2. The van der Waals surface area contributed by atoms with E-state index < -0.39 is 11.6 Å². The van der Waals surface area contributed by atoms with Gasteiger partial charge in [0.05, 0.1) is 12.2 Å². The van der Waals surface area contributed by atoms with Gasteiger partial charge < -0.3 is 9.64 Å². The normalized spacial score (nSPS) is 22.8. The molecule has 0 bridgehead atoms. The number of anilines is 1. The van der Waals surface area contributed by atoms with E-state index in [-0.39, 0.29) is 11.1 Å². The van der Waals surface area contributed by atoms with E-state index in [9.17, 15) is 8.78 Å². The fraction of sp³-hybridized carbons (Fsp3) is 0.438. The number of hydrogen-bond donors (Lipinski definition) is 0. The van der Waals surface area contributed by atoms with E-state index in [1.165, 1.54) is 6.07 Å². The van der Waals surface area contributed by atoms with Gasteiger partial charge in [-0.25, -0.2) is 8.78 Å². The summed E-state index contributed by atoms with van der Waals surface area (Å²) < 4.78 is 33.2. The monoisotopic (exact) mass is 292 g/mol. The van der Waals surface area contributed by atoms with Gasteiger partial charge in [-0.2, -0.15) is 0 Å². The van der Waals surface area contributed by atoms with Crippen LogP contribution >= 0.6 is 0 Å². The predicted molar refractivity (Wildman–Crippen MR) is 78.5 cm³/mol. The minimum absolute atomic E-state index is 0.207. The molecular weight excluding hydrogens is 274 g/mol. The summed E-state index contributed by atoms with van der Waals surface area (Å²) in [6.07, 6.45) is 2.45. The number of nitrogens with zero attached hydrogens (tertiary/aromatic N) is 2. The van der Waals surface area contributed by atoms with Gasteiger partial charge in [0.2, 0.25) is 0 Å². The standard InChI is InChI=1S/C16H18F2N2O/c1-3-16(2)10-20(6-7-21-16)14-4-5-19-15-12(14)8-11(17)9-13(15)18/h4-5,8-9H,3,6-7,10H2,1-2H3. The molecule has 1 aromatic heterocycles. The first-order chi connectivity index (χ1) is 10.0. The van der Waals surface area contributed by atoms with Crippen molar-refractivity contribution in [3.63, 3.8) is 0 Å². The second kappa shape index (κ2) is 5.22. The summed E-state index contributed by atoms with van der Waals surface area (Å²) in [7, 11) is 0. The number of halogens is 2. The molecule has 1 fully saturated rings. The first-order valence-electron chi connectivity index (χ1n) is 7.15. The van der Waals surface area contributed by atoms with Gasteiger partial charge in [-0.05, 0) is 25.5 Å². The first kappa shape index (κ1) is 14.2. The molecule has 1 saturated heterocycles. The van der Waals surface area contributed by atoms with Crippen molar-refractivity contribution < 1.29 is 13.5 Å². The summed E-state index contributed by atoms with van der Waals surface area (Å²) in [6.45, 7) is 6.14. The predicted octanol–water partition coefficient (Wildman–Crippen LogP) is 3.52. The molecule has 1 unspecified atom stereocenters. The van der Waals surface area contributed by atoms with Crippen LogP contribution < -0.4 is 4.90 Å². The maximum absolute atomic E-state index is 13.9. The Labute approximate surface area is 122 Å². The molecule has 0 amide bonds. The molecule has 5 heteroatoms. The summed E-state index contributed by atoms with van der Waals surface area (Å²) >= 11 is 0. The second-order valence-electron chi connectivity index (χ2n) is 5.69. The Morgan fingerprint density at radius 1 is 1.38 bits per heavy atom. The summed E-state index contributed by atoms with van der Waals surface area (Å²) in [6, 6.07) is 4.02. The maximum atomic E-state index is 13.9. The molecule has 0 saturated carbocycles. The van der Waals surface area contributed by atoms with Crippen LogP contribution in [0.25, 0.3) is 10.9 Å². The summed E-state index contributed by atoms with van der Waals surface area (Å²) in [5, 5.41) is 0.510. The molecular formula is C16H18F2N2O. The quantitative estimate of drug-likeness (QED) is 0.847. The molecule has 0 N–H and O–H groups in total. The van der Waals surface area contributed by atoms with Crippen LogP contribution in [-0.2, 0) is 4.74 Å². The minimum Gasteiger partial charge on any atom is -0.372 e. The lowest BCUT2D eigenvalue weighted by molar-refractivity contribution is -0.0440. The van der Waals surface area contributed by atoms with Gasteiger partial charge in [0.15, 0.2) is 5.82 Å². The Morgan fingerprint density at radius 2 is 2.19 bits per heavy atom. The van der Waals surface area contributed by atoms with Crippen molar-refractivity contribution in [1.29, 1.82) is 0 Å². The zero-order chi connectivity index (χ0) is 15.0. The molecule has 1 aliphatic heterocycles. The van der Waals surface area contributed by atoms with Crippen molar-refractivity contribution in [2.45, 2.75) is 25.9 Å². The average Bonchev–Trinajstić information content (AvgIpc) is 2.46. The molecule has 0 spiro atoms. The number of morpholine rings is 1. The van der Waals surface area contributed by atoms with E-state index in [1.807, 2.05) is 6.07 Å². The van der Waals surface area contributed by atoms with Crippen LogP contribution in [0.3, 0.4) is 0 Å². The average molecular weight is 292 g/mol. The Balaban J connectivity index is 2.08. The van der Waals surface area contributed by atoms with Crippen molar-refractivity contribution >= 4 is 16.6 Å². The van der Waals surface area contributed by atoms with E-state index in [0.29, 0.717) is 25.1 Å². The molecule has 2 heterocycles. The summed E-state index contributed by atoms with van der Waals surface area (Å²) in [5.74, 6) is -1.21. The Hall–Kier alpha value is -1.75. The van der Waals surface area contributed by atoms with Gasteiger partial charge in [-0.15, -0.1) is 0 Å². The molecule has 3 rings (SSSR count). The van der Waals surface area contributed by atoms with E-state index >= 15 is 0 Å². The Morgan fingerprint density at radius 3 is 2.95 bits per heavy atom. The summed E-state index contributed by atoms with van der Waals surface area (Å²) in [5.41, 5.74) is 0.777. The molecule has 1 aliphatic rings. The first-order valence-corrected chi connectivity index (χ1v) is 7.15. The lowest BCUT2D eigenvalue weighted by Gasteiger charge is -2.41. The van der Waals surface area contributed by atoms with Crippen molar-refractivity contribution in [2.75, 3.05) is 24.6 Å². The third kappa shape index (κ3) is 2.58. The van der Waals surface area contributed by atoms with Gasteiger partial charge in [0, 0.05) is 36.4 Å². The number of hydrogen-bond acceptors (Lipinski definition) is 3. The van der Waals surface area contributed by atoms with E-state index in [4.69, 9.17) is 4.74 Å². The number of rotatable bonds is 2. The highest BCUT2D eigenvalue weighted by Crippen LogP contribution is 2.31. The lowest BCUT2D eigenvalue weighted by Crippen LogP contribution is -2.49. The minimum atomic E-state index is -0.627. The number of aromatic nitrogens is 1. The number of pyridine rings is 1. The van der Waals surface area contributed by atoms with Gasteiger partial charge in [0.1, 0.15) is 11.3 Å². The van der Waals surface area contributed by atoms with Crippen molar-refractivity contribution in [1.82, 2.24) is 4.98 Å². The van der Waals surface area contributed by atoms with Gasteiger partial charge >= 0.3 is 0 Å². The van der Waals surface area contributed by atoms with Crippen LogP contribution in [0.1, 0.15) is 20.3 Å². The lowest BCUT2D eigenvalue weighted by atomic mass is 10.00. The van der Waals surface area contributed by atoms with Crippen LogP contribution in [0.15, 0.2) is 24.4 Å². The van der Waals surface area contributed by atoms with Gasteiger partial charge in [-0.3, -0.25) is 4.98 Å². The van der Waals surface area contributed by atoms with Crippen LogP contribution in [0.2, 0.25) is 0 Å². The number of ether oxygens (including phenoxy) is 1. The van der Waals surface area contributed by atoms with E-state index in [0.717, 1.165) is 18.2 Å². The SMILES string of the molecule is CCC1(C)CN(c2ccnc3c(F)cc(F)cc23)CCO1. The second-order valence-corrected chi connectivity index (χ2v) is 5.69. The van der Waals surface area contributed by atoms with Crippen LogP contribution in [-0.4, -0.2) is 30.3 Å². The maximum Gasteiger partial charge on any atom is 0.152 e. The molecule has 0 aliphatic carbocycles. The molecule has 112 valence electrons. The fourth-order valence-corrected chi connectivity index (χ4v) is 2.79. The van der Waals surface area contributed by atoms with Crippen LogP contribution in [0.4, 0.5) is 14.5 Å². The van der Waals surface area contributed by atoms with E-state index in [1.54, 1.807) is 6.20 Å². The highest BCUT2D eigenvalue weighted by molar-refractivity contribution is 5.92.